The highest BCUT2D eigenvalue weighted by atomic mass is 35.5. The Morgan fingerprint density at radius 1 is 1.29 bits per heavy atom. The molecule has 84 valence electrons. The zero-order valence-corrected chi connectivity index (χ0v) is 10.6. The van der Waals surface area contributed by atoms with Gasteiger partial charge in [-0.05, 0) is 43.0 Å². The van der Waals surface area contributed by atoms with Crippen molar-refractivity contribution in [3.05, 3.63) is 46.7 Å². The molecule has 17 heavy (non-hydrogen) atoms. The van der Waals surface area contributed by atoms with Crippen LogP contribution in [0, 0.1) is 18.3 Å². The average molecular weight is 262 g/mol. The molecule has 0 unspecified atom stereocenters. The Morgan fingerprint density at radius 3 is 2.76 bits per heavy atom. The molecule has 2 heterocycles. The zero-order valence-electron chi connectivity index (χ0n) is 9.01. The Kier molecular flexibility index (Phi) is 3.62. The maximum atomic E-state index is 8.99. The SMILES string of the molecule is Cc1ccc(C#N)c(Sc2ccc(Cl)cn2)n1. The summed E-state index contributed by atoms with van der Waals surface area (Å²) in [6.45, 7) is 1.89. The lowest BCUT2D eigenvalue weighted by Gasteiger charge is -2.03. The third-order valence-electron chi connectivity index (χ3n) is 2.02. The van der Waals surface area contributed by atoms with Crippen molar-refractivity contribution < 1.29 is 0 Å². The molecule has 0 saturated carbocycles. The van der Waals surface area contributed by atoms with Gasteiger partial charge in [-0.1, -0.05) is 11.6 Å². The summed E-state index contributed by atoms with van der Waals surface area (Å²) in [5.41, 5.74) is 1.43. The molecule has 0 amide bonds. The summed E-state index contributed by atoms with van der Waals surface area (Å²) in [5, 5.41) is 11.0. The third-order valence-corrected chi connectivity index (χ3v) is 3.20. The van der Waals surface area contributed by atoms with E-state index in [4.69, 9.17) is 16.9 Å². The van der Waals surface area contributed by atoms with Gasteiger partial charge in [0.1, 0.15) is 16.1 Å². The minimum Gasteiger partial charge on any atom is -0.248 e. The van der Waals surface area contributed by atoms with E-state index in [0.717, 1.165) is 10.7 Å². The quantitative estimate of drug-likeness (QED) is 0.831. The molecule has 0 aliphatic heterocycles. The summed E-state index contributed by atoms with van der Waals surface area (Å²) in [6, 6.07) is 9.27. The van der Waals surface area contributed by atoms with E-state index >= 15 is 0 Å². The number of aromatic nitrogens is 2. The van der Waals surface area contributed by atoms with Crippen LogP contribution in [-0.4, -0.2) is 9.97 Å². The van der Waals surface area contributed by atoms with Crippen LogP contribution in [-0.2, 0) is 0 Å². The zero-order chi connectivity index (χ0) is 12.3. The fourth-order valence-corrected chi connectivity index (χ4v) is 2.18. The van der Waals surface area contributed by atoms with Gasteiger partial charge in [0.15, 0.2) is 0 Å². The van der Waals surface area contributed by atoms with Crippen LogP contribution in [0.3, 0.4) is 0 Å². The van der Waals surface area contributed by atoms with Crippen molar-refractivity contribution in [2.24, 2.45) is 0 Å². The first-order chi connectivity index (χ1) is 8.19. The van der Waals surface area contributed by atoms with E-state index in [0.29, 0.717) is 15.6 Å². The smallest absolute Gasteiger partial charge is 0.120 e. The molecular formula is C12H8ClN3S. The van der Waals surface area contributed by atoms with Crippen LogP contribution in [0.5, 0.6) is 0 Å². The molecule has 0 atom stereocenters. The molecule has 0 aliphatic rings. The summed E-state index contributed by atoms with van der Waals surface area (Å²) in [7, 11) is 0. The number of hydrogen-bond acceptors (Lipinski definition) is 4. The highest BCUT2D eigenvalue weighted by Crippen LogP contribution is 2.27. The van der Waals surface area contributed by atoms with Crippen molar-refractivity contribution in [2.75, 3.05) is 0 Å². The highest BCUT2D eigenvalue weighted by molar-refractivity contribution is 7.99. The van der Waals surface area contributed by atoms with Crippen LogP contribution >= 0.6 is 23.4 Å². The molecule has 2 aromatic rings. The molecule has 2 aromatic heterocycles. The van der Waals surface area contributed by atoms with Crippen molar-refractivity contribution in [2.45, 2.75) is 17.0 Å². The monoisotopic (exact) mass is 261 g/mol. The third kappa shape index (κ3) is 2.96. The lowest BCUT2D eigenvalue weighted by molar-refractivity contribution is 1.04. The number of nitriles is 1. The van der Waals surface area contributed by atoms with E-state index in [1.165, 1.54) is 11.8 Å². The molecule has 0 fully saturated rings. The fourth-order valence-electron chi connectivity index (χ4n) is 1.22. The summed E-state index contributed by atoms with van der Waals surface area (Å²) in [4.78, 5) is 8.49. The number of halogens is 1. The Morgan fingerprint density at radius 2 is 2.12 bits per heavy atom. The lowest BCUT2D eigenvalue weighted by Crippen LogP contribution is -1.90. The average Bonchev–Trinajstić information content (AvgIpc) is 2.32. The molecule has 5 heteroatoms. The van der Waals surface area contributed by atoms with Crippen LogP contribution in [0.1, 0.15) is 11.3 Å². The number of pyridine rings is 2. The molecule has 3 nitrogen and oxygen atoms in total. The minimum atomic E-state index is 0.553. The molecule has 0 radical (unpaired) electrons. The van der Waals surface area contributed by atoms with Gasteiger partial charge in [0.25, 0.3) is 0 Å². The van der Waals surface area contributed by atoms with Crippen LogP contribution < -0.4 is 0 Å². The van der Waals surface area contributed by atoms with Crippen molar-refractivity contribution in [1.82, 2.24) is 9.97 Å². The summed E-state index contributed by atoms with van der Waals surface area (Å²) >= 11 is 7.12. The second-order valence-electron chi connectivity index (χ2n) is 3.33. The lowest BCUT2D eigenvalue weighted by atomic mass is 10.3. The number of hydrogen-bond donors (Lipinski definition) is 0. The van der Waals surface area contributed by atoms with Crippen LogP contribution in [0.25, 0.3) is 0 Å². The van der Waals surface area contributed by atoms with Crippen LogP contribution in [0.15, 0.2) is 40.5 Å². The van der Waals surface area contributed by atoms with E-state index in [-0.39, 0.29) is 0 Å². The fraction of sp³-hybridized carbons (Fsp3) is 0.0833. The minimum absolute atomic E-state index is 0.553. The Hall–Kier alpha value is -1.57. The van der Waals surface area contributed by atoms with Gasteiger partial charge in [-0.25, -0.2) is 9.97 Å². The van der Waals surface area contributed by atoms with Gasteiger partial charge in [-0.2, -0.15) is 5.26 Å². The summed E-state index contributed by atoms with van der Waals surface area (Å²) < 4.78 is 0. The van der Waals surface area contributed by atoms with E-state index < -0.39 is 0 Å². The van der Waals surface area contributed by atoms with Gasteiger partial charge >= 0.3 is 0 Å². The normalized spacial score (nSPS) is 9.94. The van der Waals surface area contributed by atoms with Gasteiger partial charge in [0.05, 0.1) is 10.6 Å². The molecule has 0 saturated heterocycles. The molecule has 0 N–H and O–H groups in total. The van der Waals surface area contributed by atoms with Crippen molar-refractivity contribution in [1.29, 1.82) is 5.26 Å². The second-order valence-corrected chi connectivity index (χ2v) is 4.78. The first-order valence-corrected chi connectivity index (χ1v) is 6.05. The second kappa shape index (κ2) is 5.17. The molecule has 0 spiro atoms. The first kappa shape index (κ1) is 11.9. The van der Waals surface area contributed by atoms with E-state index in [1.54, 1.807) is 24.4 Å². The van der Waals surface area contributed by atoms with E-state index in [2.05, 4.69) is 16.0 Å². The van der Waals surface area contributed by atoms with Gasteiger partial charge in [-0.15, -0.1) is 0 Å². The molecule has 0 bridgehead atoms. The highest BCUT2D eigenvalue weighted by Gasteiger charge is 2.07. The van der Waals surface area contributed by atoms with Crippen molar-refractivity contribution >= 4 is 23.4 Å². The van der Waals surface area contributed by atoms with E-state index in [1.807, 2.05) is 13.0 Å². The van der Waals surface area contributed by atoms with Gasteiger partial charge < -0.3 is 0 Å². The largest absolute Gasteiger partial charge is 0.248 e. The Bertz CT molecular complexity index is 575. The number of aryl methyl sites for hydroxylation is 1. The molecule has 0 aromatic carbocycles. The first-order valence-electron chi connectivity index (χ1n) is 4.86. The van der Waals surface area contributed by atoms with Gasteiger partial charge in [-0.3, -0.25) is 0 Å². The molecule has 0 aliphatic carbocycles. The van der Waals surface area contributed by atoms with E-state index in [9.17, 15) is 0 Å². The number of rotatable bonds is 2. The molecular weight excluding hydrogens is 254 g/mol. The Balaban J connectivity index is 2.32. The predicted octanol–water partition coefficient (Wildman–Crippen LogP) is 3.46. The maximum Gasteiger partial charge on any atom is 0.120 e. The van der Waals surface area contributed by atoms with Crippen molar-refractivity contribution in [3.63, 3.8) is 0 Å². The van der Waals surface area contributed by atoms with Gasteiger partial charge in [0.2, 0.25) is 0 Å². The van der Waals surface area contributed by atoms with Crippen LogP contribution in [0.4, 0.5) is 0 Å². The van der Waals surface area contributed by atoms with Crippen molar-refractivity contribution in [3.8, 4) is 6.07 Å². The topological polar surface area (TPSA) is 49.6 Å². The number of nitrogens with zero attached hydrogens (tertiary/aromatic N) is 3. The summed E-state index contributed by atoms with van der Waals surface area (Å²) in [5.74, 6) is 0. The Labute approximate surface area is 108 Å². The molecule has 2 rings (SSSR count). The standard InChI is InChI=1S/C12H8ClN3S/c1-8-2-3-9(6-14)12(16-8)17-11-5-4-10(13)7-15-11/h2-5,7H,1H3. The van der Waals surface area contributed by atoms with Crippen LogP contribution in [0.2, 0.25) is 5.02 Å². The predicted molar refractivity (Wildman–Crippen MR) is 67.1 cm³/mol. The summed E-state index contributed by atoms with van der Waals surface area (Å²) in [6.07, 6.45) is 1.58. The van der Waals surface area contributed by atoms with Gasteiger partial charge in [0, 0.05) is 11.9 Å². The maximum absolute atomic E-state index is 8.99.